The number of carbonyl (C=O) groups is 2. The van der Waals surface area contributed by atoms with Crippen molar-refractivity contribution in [3.8, 4) is 0 Å². The minimum absolute atomic E-state index is 0.0509. The van der Waals surface area contributed by atoms with Gasteiger partial charge in [-0.15, -0.1) is 13.2 Å². The number of nitrogens with zero attached hydrogens (tertiary/aromatic N) is 3. The predicted octanol–water partition coefficient (Wildman–Crippen LogP) is 3.08. The third-order valence-corrected chi connectivity index (χ3v) is 4.77. The van der Waals surface area contributed by atoms with Gasteiger partial charge in [0.15, 0.2) is 0 Å². The van der Waals surface area contributed by atoms with Gasteiger partial charge in [-0.05, 0) is 38.7 Å². The molecule has 2 amide bonds. The molecule has 2 fully saturated rings. The molecule has 190 valence electrons. The fourth-order valence-corrected chi connectivity index (χ4v) is 2.73. The van der Waals surface area contributed by atoms with Crippen LogP contribution in [-0.2, 0) is 22.9 Å². The number of carbonyl (C=O) groups excluding carboxylic acids is 1. The number of carboxylic acid groups (broad SMARTS) is 1. The van der Waals surface area contributed by atoms with Crippen molar-refractivity contribution >= 4 is 17.8 Å². The van der Waals surface area contributed by atoms with Gasteiger partial charge in [-0.25, -0.2) is 4.79 Å². The van der Waals surface area contributed by atoms with Crippen LogP contribution in [0.2, 0.25) is 0 Å². The Morgan fingerprint density at radius 1 is 1.32 bits per heavy atom. The lowest BCUT2D eigenvalue weighted by Gasteiger charge is -2.05. The van der Waals surface area contributed by atoms with Crippen LogP contribution in [-0.4, -0.2) is 68.8 Å². The second kappa shape index (κ2) is 12.4. The van der Waals surface area contributed by atoms with E-state index in [-0.39, 0.29) is 17.7 Å². The van der Waals surface area contributed by atoms with Crippen LogP contribution in [0.5, 0.6) is 0 Å². The topological polar surface area (TPSA) is 143 Å². The van der Waals surface area contributed by atoms with Gasteiger partial charge in [0.2, 0.25) is 0 Å². The lowest BCUT2D eigenvalue weighted by molar-refractivity contribution is -0.324. The van der Waals surface area contributed by atoms with Crippen LogP contribution < -0.4 is 10.6 Å². The molecule has 11 nitrogen and oxygen atoms in total. The van der Waals surface area contributed by atoms with E-state index in [1.807, 2.05) is 6.92 Å². The van der Waals surface area contributed by atoms with Gasteiger partial charge in [-0.1, -0.05) is 0 Å². The maximum absolute atomic E-state index is 11.9. The monoisotopic (exact) mass is 490 g/mol. The SMILES string of the molecule is C1CCOC1.CC1(NC(=O)O)CC1.Cn1nc(CCOC(F)(F)F)cc1C(=O)Nc1ccn[nH]1. The van der Waals surface area contributed by atoms with Crippen molar-refractivity contribution in [2.75, 3.05) is 25.1 Å². The zero-order valence-electron chi connectivity index (χ0n) is 18.9. The van der Waals surface area contributed by atoms with Crippen LogP contribution in [0, 0.1) is 0 Å². The van der Waals surface area contributed by atoms with Crippen molar-refractivity contribution in [3.63, 3.8) is 0 Å². The summed E-state index contributed by atoms with van der Waals surface area (Å²) in [6.07, 6.45) is 0.363. The molecule has 1 saturated carbocycles. The molecule has 0 spiro atoms. The highest BCUT2D eigenvalue weighted by Gasteiger charge is 2.38. The number of alkyl halides is 3. The molecule has 3 heterocycles. The number of aryl methyl sites for hydroxylation is 1. The summed E-state index contributed by atoms with van der Waals surface area (Å²) >= 11 is 0. The molecule has 14 heteroatoms. The highest BCUT2D eigenvalue weighted by Crippen LogP contribution is 2.33. The maximum Gasteiger partial charge on any atom is 0.522 e. The van der Waals surface area contributed by atoms with Gasteiger partial charge in [0, 0.05) is 38.3 Å². The first kappa shape index (κ1) is 27.1. The summed E-state index contributed by atoms with van der Waals surface area (Å²) in [5.74, 6) is -0.0413. The average Bonchev–Trinajstić information content (AvgIpc) is 3.24. The van der Waals surface area contributed by atoms with Gasteiger partial charge in [-0.2, -0.15) is 10.2 Å². The van der Waals surface area contributed by atoms with Gasteiger partial charge in [0.25, 0.3) is 5.91 Å². The zero-order chi connectivity index (χ0) is 25.2. The molecule has 1 aliphatic heterocycles. The summed E-state index contributed by atoms with van der Waals surface area (Å²) < 4.78 is 45.5. The van der Waals surface area contributed by atoms with Gasteiger partial charge in [0.05, 0.1) is 18.5 Å². The maximum atomic E-state index is 11.9. The molecule has 2 aliphatic rings. The third kappa shape index (κ3) is 10.7. The largest absolute Gasteiger partial charge is 0.522 e. The van der Waals surface area contributed by atoms with Crippen LogP contribution in [0.25, 0.3) is 0 Å². The third-order valence-electron chi connectivity index (χ3n) is 4.77. The van der Waals surface area contributed by atoms with E-state index in [0.717, 1.165) is 26.1 Å². The minimum Gasteiger partial charge on any atom is -0.465 e. The van der Waals surface area contributed by atoms with Crippen LogP contribution in [0.1, 0.15) is 48.8 Å². The highest BCUT2D eigenvalue weighted by molar-refractivity contribution is 6.02. The van der Waals surface area contributed by atoms with Gasteiger partial charge >= 0.3 is 12.5 Å². The Hall–Kier alpha value is -3.13. The molecule has 1 saturated heterocycles. The standard InChI is InChI=1S/C11H12F3N5O2.C5H9NO2.C4H8O/c1-19-8(10(20)16-9-2-4-15-17-9)6-7(18-19)3-5-21-11(12,13)14;1-5(2-3-5)6-4(7)8;1-2-4-5-3-1/h2,4,6H,3,5H2,1H3,(H2,15,16,17,20);6H,2-3H2,1H3,(H,7,8);1-4H2. The van der Waals surface area contributed by atoms with E-state index in [2.05, 4.69) is 30.7 Å². The molecule has 2 aromatic rings. The van der Waals surface area contributed by atoms with Crippen LogP contribution in [0.3, 0.4) is 0 Å². The van der Waals surface area contributed by atoms with Crippen LogP contribution in [0.15, 0.2) is 18.3 Å². The summed E-state index contributed by atoms with van der Waals surface area (Å²) in [5, 5.41) is 23.3. The summed E-state index contributed by atoms with van der Waals surface area (Å²) in [7, 11) is 1.52. The number of rotatable bonds is 6. The predicted molar refractivity (Wildman–Crippen MR) is 114 cm³/mol. The molecule has 0 radical (unpaired) electrons. The second-order valence-corrected chi connectivity index (χ2v) is 7.92. The Morgan fingerprint density at radius 2 is 2.00 bits per heavy atom. The number of aromatic amines is 1. The Labute approximate surface area is 194 Å². The van der Waals surface area contributed by atoms with Crippen molar-refractivity contribution in [1.82, 2.24) is 25.3 Å². The molecule has 2 aromatic heterocycles. The average molecular weight is 490 g/mol. The fourth-order valence-electron chi connectivity index (χ4n) is 2.73. The number of nitrogens with one attached hydrogen (secondary N) is 3. The molecule has 34 heavy (non-hydrogen) atoms. The smallest absolute Gasteiger partial charge is 0.465 e. The van der Waals surface area contributed by atoms with E-state index in [9.17, 15) is 22.8 Å². The molecule has 0 aromatic carbocycles. The number of ether oxygens (including phenoxy) is 2. The first-order valence-electron chi connectivity index (χ1n) is 10.6. The van der Waals surface area contributed by atoms with Crippen molar-refractivity contribution < 1.29 is 37.3 Å². The van der Waals surface area contributed by atoms with Crippen molar-refractivity contribution in [2.45, 2.75) is 50.9 Å². The Kier molecular flexibility index (Phi) is 9.86. The lowest BCUT2D eigenvalue weighted by Crippen LogP contribution is -2.32. The van der Waals surface area contributed by atoms with E-state index in [4.69, 9.17) is 9.84 Å². The molecular weight excluding hydrogens is 461 g/mol. The van der Waals surface area contributed by atoms with E-state index in [1.54, 1.807) is 6.07 Å². The Morgan fingerprint density at radius 3 is 2.44 bits per heavy atom. The summed E-state index contributed by atoms with van der Waals surface area (Å²) in [6, 6.07) is 2.97. The summed E-state index contributed by atoms with van der Waals surface area (Å²) in [6.45, 7) is 3.35. The fraction of sp³-hybridized carbons (Fsp3) is 0.600. The number of halogens is 3. The molecule has 4 N–H and O–H groups in total. The van der Waals surface area contributed by atoms with Crippen molar-refractivity contribution in [2.24, 2.45) is 7.05 Å². The molecule has 1 aliphatic carbocycles. The van der Waals surface area contributed by atoms with E-state index in [0.29, 0.717) is 11.5 Å². The van der Waals surface area contributed by atoms with Gasteiger partial charge in [-0.3, -0.25) is 19.3 Å². The number of aromatic nitrogens is 4. The number of hydrogen-bond acceptors (Lipinski definition) is 6. The minimum atomic E-state index is -4.67. The first-order chi connectivity index (χ1) is 16.0. The molecule has 0 atom stereocenters. The second-order valence-electron chi connectivity index (χ2n) is 7.92. The quantitative estimate of drug-likeness (QED) is 0.487. The van der Waals surface area contributed by atoms with Gasteiger partial charge < -0.3 is 20.5 Å². The zero-order valence-corrected chi connectivity index (χ0v) is 18.9. The lowest BCUT2D eigenvalue weighted by atomic mass is 10.3. The first-order valence-corrected chi connectivity index (χ1v) is 10.6. The van der Waals surface area contributed by atoms with Crippen molar-refractivity contribution in [1.29, 1.82) is 0 Å². The number of anilines is 1. The van der Waals surface area contributed by atoms with Crippen LogP contribution in [0.4, 0.5) is 23.8 Å². The molecule has 0 unspecified atom stereocenters. The number of amides is 2. The van der Waals surface area contributed by atoms with Crippen molar-refractivity contribution in [3.05, 3.63) is 29.7 Å². The Bertz CT molecular complexity index is 901. The molecule has 4 rings (SSSR count). The Balaban J connectivity index is 0.000000253. The number of H-pyrrole nitrogens is 1. The summed E-state index contributed by atoms with van der Waals surface area (Å²) in [5.41, 5.74) is 0.467. The highest BCUT2D eigenvalue weighted by atomic mass is 19.4. The van der Waals surface area contributed by atoms with Crippen LogP contribution >= 0.6 is 0 Å². The van der Waals surface area contributed by atoms with E-state index in [1.165, 1.54) is 36.8 Å². The number of hydrogen-bond donors (Lipinski definition) is 4. The molecular formula is C20H29F3N6O5. The van der Waals surface area contributed by atoms with E-state index >= 15 is 0 Å². The normalized spacial score (nSPS) is 15.9. The molecule has 0 bridgehead atoms. The van der Waals surface area contributed by atoms with E-state index < -0.39 is 25.0 Å². The summed E-state index contributed by atoms with van der Waals surface area (Å²) in [4.78, 5) is 21.9. The van der Waals surface area contributed by atoms with Gasteiger partial charge in [0.1, 0.15) is 11.5 Å².